The lowest BCUT2D eigenvalue weighted by Gasteiger charge is -2.41. The van der Waals surface area contributed by atoms with Gasteiger partial charge in [0.05, 0.1) is 22.1 Å². The SMILES string of the molecule is c1ccc(C2(c3ccc(-c4nc(-c5ccccn5)nc(-c5ccccn5)n4)cc3)c3ccccc3-n3c4ccccc4c4cccc2c43)cc1. The Kier molecular flexibility index (Phi) is 6.29. The highest BCUT2D eigenvalue weighted by atomic mass is 15.1. The zero-order valence-electron chi connectivity index (χ0n) is 26.8. The van der Waals surface area contributed by atoms with E-state index in [1.807, 2.05) is 36.4 Å². The van der Waals surface area contributed by atoms with Gasteiger partial charge in [0.1, 0.15) is 11.4 Å². The number of fused-ring (bicyclic) bond motifs is 5. The zero-order chi connectivity index (χ0) is 33.1. The predicted octanol–water partition coefficient (Wildman–Crippen LogP) is 9.46. The van der Waals surface area contributed by atoms with E-state index in [9.17, 15) is 0 Å². The lowest BCUT2D eigenvalue weighted by Crippen LogP contribution is -2.35. The summed E-state index contributed by atoms with van der Waals surface area (Å²) in [6.07, 6.45) is 3.50. The second kappa shape index (κ2) is 11.1. The van der Waals surface area contributed by atoms with Crippen molar-refractivity contribution in [2.75, 3.05) is 0 Å². The summed E-state index contributed by atoms with van der Waals surface area (Å²) >= 11 is 0. The summed E-state index contributed by atoms with van der Waals surface area (Å²) in [7, 11) is 0. The van der Waals surface area contributed by atoms with Crippen LogP contribution in [-0.2, 0) is 5.41 Å². The standard InChI is InChI=1S/C44H28N6/c1-2-13-30(14-3-1)44(34-17-5-7-22-39(34)50-38-21-6-4-15-32(38)33-16-12-18-35(44)40(33)50)31-25-23-29(24-26-31)41-47-42(36-19-8-10-27-45-36)49-43(48-41)37-20-9-11-28-46-37/h1-28H. The maximum Gasteiger partial charge on any atom is 0.182 e. The molecule has 0 spiro atoms. The van der Waals surface area contributed by atoms with Gasteiger partial charge >= 0.3 is 0 Å². The highest BCUT2D eigenvalue weighted by Gasteiger charge is 2.45. The molecule has 0 amide bonds. The fraction of sp³-hybridized carbons (Fsp3) is 0.0227. The largest absolute Gasteiger partial charge is 0.309 e. The van der Waals surface area contributed by atoms with Crippen LogP contribution < -0.4 is 0 Å². The molecule has 0 N–H and O–H groups in total. The van der Waals surface area contributed by atoms with Crippen molar-refractivity contribution in [1.29, 1.82) is 0 Å². The van der Waals surface area contributed by atoms with E-state index >= 15 is 0 Å². The molecule has 0 saturated carbocycles. The van der Waals surface area contributed by atoms with Gasteiger partial charge in [0, 0.05) is 28.7 Å². The van der Waals surface area contributed by atoms with E-state index in [2.05, 4.69) is 136 Å². The van der Waals surface area contributed by atoms with Crippen LogP contribution in [0.2, 0.25) is 0 Å². The fourth-order valence-corrected chi connectivity index (χ4v) is 7.77. The molecular formula is C44H28N6. The summed E-state index contributed by atoms with van der Waals surface area (Å²) in [5, 5.41) is 2.50. The molecule has 1 aliphatic rings. The van der Waals surface area contributed by atoms with Crippen molar-refractivity contribution in [3.8, 4) is 40.1 Å². The van der Waals surface area contributed by atoms with Crippen molar-refractivity contribution in [1.82, 2.24) is 29.5 Å². The Labute approximate surface area is 288 Å². The molecule has 0 saturated heterocycles. The van der Waals surface area contributed by atoms with Crippen molar-refractivity contribution in [2.45, 2.75) is 5.41 Å². The van der Waals surface area contributed by atoms with Crippen molar-refractivity contribution in [2.24, 2.45) is 0 Å². The van der Waals surface area contributed by atoms with Crippen LogP contribution in [0.3, 0.4) is 0 Å². The summed E-state index contributed by atoms with van der Waals surface area (Å²) < 4.78 is 2.45. The Balaban J connectivity index is 1.22. The summed E-state index contributed by atoms with van der Waals surface area (Å²) in [5.41, 5.74) is 10.1. The minimum Gasteiger partial charge on any atom is -0.309 e. The molecule has 1 atom stereocenters. The Morgan fingerprint density at radius 3 is 1.72 bits per heavy atom. The normalized spacial score (nSPS) is 14.9. The van der Waals surface area contributed by atoms with Crippen molar-refractivity contribution >= 4 is 21.8 Å². The number of para-hydroxylation sites is 3. The van der Waals surface area contributed by atoms with Crippen molar-refractivity contribution < 1.29 is 0 Å². The first-order chi connectivity index (χ1) is 24.8. The highest BCUT2D eigenvalue weighted by molar-refractivity contribution is 6.12. The third-order valence-electron chi connectivity index (χ3n) is 9.85. The first-order valence-corrected chi connectivity index (χ1v) is 16.7. The van der Waals surface area contributed by atoms with Gasteiger partial charge in [-0.15, -0.1) is 0 Å². The van der Waals surface area contributed by atoms with Crippen LogP contribution in [0.4, 0.5) is 0 Å². The van der Waals surface area contributed by atoms with Crippen LogP contribution >= 0.6 is 0 Å². The van der Waals surface area contributed by atoms with E-state index in [1.54, 1.807) is 12.4 Å². The monoisotopic (exact) mass is 640 g/mol. The average molecular weight is 641 g/mol. The van der Waals surface area contributed by atoms with Crippen molar-refractivity contribution in [3.05, 3.63) is 192 Å². The Morgan fingerprint density at radius 2 is 1.00 bits per heavy atom. The third-order valence-corrected chi connectivity index (χ3v) is 9.85. The molecule has 5 aromatic carbocycles. The molecular weight excluding hydrogens is 613 g/mol. The number of nitrogens with zero attached hydrogens (tertiary/aromatic N) is 6. The van der Waals surface area contributed by atoms with Gasteiger partial charge in [0.25, 0.3) is 0 Å². The summed E-state index contributed by atoms with van der Waals surface area (Å²) in [4.78, 5) is 23.7. The highest BCUT2D eigenvalue weighted by Crippen LogP contribution is 2.54. The molecule has 10 rings (SSSR count). The number of pyridine rings is 2. The lowest BCUT2D eigenvalue weighted by molar-refractivity contribution is 0.728. The van der Waals surface area contributed by atoms with E-state index in [0.29, 0.717) is 28.9 Å². The van der Waals surface area contributed by atoms with E-state index < -0.39 is 5.41 Å². The van der Waals surface area contributed by atoms with Crippen LogP contribution in [0.1, 0.15) is 22.3 Å². The van der Waals surface area contributed by atoms with Gasteiger partial charge in [-0.05, 0) is 58.7 Å². The molecule has 0 aliphatic carbocycles. The molecule has 234 valence electrons. The number of benzene rings is 5. The first kappa shape index (κ1) is 28.2. The fourth-order valence-electron chi connectivity index (χ4n) is 7.77. The summed E-state index contributed by atoms with van der Waals surface area (Å²) in [6, 6.07) is 55.4. The predicted molar refractivity (Wildman–Crippen MR) is 198 cm³/mol. The van der Waals surface area contributed by atoms with E-state index in [1.165, 1.54) is 44.2 Å². The van der Waals surface area contributed by atoms with Gasteiger partial charge in [-0.1, -0.05) is 121 Å². The number of aromatic nitrogens is 6. The van der Waals surface area contributed by atoms with Gasteiger partial charge in [-0.3, -0.25) is 9.97 Å². The first-order valence-electron chi connectivity index (χ1n) is 16.7. The molecule has 0 fully saturated rings. The van der Waals surface area contributed by atoms with Crippen LogP contribution in [0.5, 0.6) is 0 Å². The van der Waals surface area contributed by atoms with Crippen LogP contribution in [0, 0.1) is 0 Å². The number of hydrogen-bond donors (Lipinski definition) is 0. The van der Waals surface area contributed by atoms with Gasteiger partial charge in [-0.25, -0.2) is 15.0 Å². The molecule has 4 aromatic heterocycles. The average Bonchev–Trinajstić information content (AvgIpc) is 3.55. The Hall–Kier alpha value is -6.79. The molecule has 0 radical (unpaired) electrons. The van der Waals surface area contributed by atoms with E-state index in [0.717, 1.165) is 11.1 Å². The van der Waals surface area contributed by atoms with Gasteiger partial charge in [0.2, 0.25) is 0 Å². The maximum atomic E-state index is 4.92. The molecule has 0 bridgehead atoms. The molecule has 1 unspecified atom stereocenters. The van der Waals surface area contributed by atoms with Crippen LogP contribution in [-0.4, -0.2) is 29.5 Å². The molecule has 6 nitrogen and oxygen atoms in total. The van der Waals surface area contributed by atoms with Gasteiger partial charge in [0.15, 0.2) is 17.5 Å². The Morgan fingerprint density at radius 1 is 0.420 bits per heavy atom. The zero-order valence-corrected chi connectivity index (χ0v) is 26.8. The van der Waals surface area contributed by atoms with Gasteiger partial charge in [-0.2, -0.15) is 0 Å². The second-order valence-corrected chi connectivity index (χ2v) is 12.5. The Bertz CT molecular complexity index is 2630. The summed E-state index contributed by atoms with van der Waals surface area (Å²) in [6.45, 7) is 0. The molecule has 9 aromatic rings. The number of hydrogen-bond acceptors (Lipinski definition) is 5. The van der Waals surface area contributed by atoms with E-state index in [-0.39, 0.29) is 0 Å². The minimum atomic E-state index is -0.586. The molecule has 5 heterocycles. The van der Waals surface area contributed by atoms with Crippen molar-refractivity contribution in [3.63, 3.8) is 0 Å². The lowest BCUT2D eigenvalue weighted by atomic mass is 9.63. The van der Waals surface area contributed by atoms with Crippen LogP contribution in [0.25, 0.3) is 61.9 Å². The molecule has 6 heteroatoms. The minimum absolute atomic E-state index is 0.502. The molecule has 50 heavy (non-hydrogen) atoms. The van der Waals surface area contributed by atoms with Gasteiger partial charge < -0.3 is 4.57 Å². The molecule has 1 aliphatic heterocycles. The number of rotatable bonds is 5. The maximum absolute atomic E-state index is 4.92. The summed E-state index contributed by atoms with van der Waals surface area (Å²) in [5.74, 6) is 1.57. The quantitative estimate of drug-likeness (QED) is 0.187. The topological polar surface area (TPSA) is 69.4 Å². The smallest absolute Gasteiger partial charge is 0.182 e. The van der Waals surface area contributed by atoms with E-state index in [4.69, 9.17) is 15.0 Å². The third kappa shape index (κ3) is 4.12. The second-order valence-electron chi connectivity index (χ2n) is 12.5. The van der Waals surface area contributed by atoms with Crippen LogP contribution in [0.15, 0.2) is 170 Å².